The second-order valence-electron chi connectivity index (χ2n) is 5.11. The number of piperidine rings is 2. The average Bonchev–Trinajstić information content (AvgIpc) is 2.39. The maximum absolute atomic E-state index is 10.8. The van der Waals surface area contributed by atoms with Crippen LogP contribution < -0.4 is 10.6 Å². The molecule has 4 atom stereocenters. The summed E-state index contributed by atoms with van der Waals surface area (Å²) in [6, 6.07) is 0.826. The van der Waals surface area contributed by atoms with Gasteiger partial charge in [-0.3, -0.25) is 0 Å². The van der Waals surface area contributed by atoms with Crippen molar-refractivity contribution in [2.75, 3.05) is 19.7 Å². The van der Waals surface area contributed by atoms with Crippen LogP contribution in [-0.2, 0) is 4.79 Å². The quantitative estimate of drug-likeness (QED) is 0.589. The van der Waals surface area contributed by atoms with Crippen molar-refractivity contribution in [3.63, 3.8) is 0 Å². The first-order chi connectivity index (χ1) is 7.83. The summed E-state index contributed by atoms with van der Waals surface area (Å²) in [5.41, 5.74) is 0. The van der Waals surface area contributed by atoms with E-state index >= 15 is 0 Å². The van der Waals surface area contributed by atoms with E-state index in [1.807, 2.05) is 0 Å². The summed E-state index contributed by atoms with van der Waals surface area (Å²) < 4.78 is 0. The zero-order valence-corrected chi connectivity index (χ0v) is 9.69. The second kappa shape index (κ2) is 5.75. The number of aliphatic hydroxyl groups is 1. The van der Waals surface area contributed by atoms with Crippen LogP contribution in [0.5, 0.6) is 0 Å². The van der Waals surface area contributed by atoms with Gasteiger partial charge in [-0.05, 0) is 44.7 Å². The van der Waals surface area contributed by atoms with Crippen molar-refractivity contribution >= 4 is 6.29 Å². The van der Waals surface area contributed by atoms with E-state index < -0.39 is 0 Å². The van der Waals surface area contributed by atoms with Gasteiger partial charge < -0.3 is 20.5 Å². The first-order valence-corrected chi connectivity index (χ1v) is 6.36. The molecule has 0 amide bonds. The molecule has 92 valence electrons. The molecule has 4 heteroatoms. The molecule has 2 heterocycles. The number of carbonyl (C=O) groups is 1. The van der Waals surface area contributed by atoms with Crippen molar-refractivity contribution < 1.29 is 9.90 Å². The monoisotopic (exact) mass is 226 g/mol. The third-order valence-corrected chi connectivity index (χ3v) is 3.96. The Morgan fingerprint density at radius 1 is 1.12 bits per heavy atom. The summed E-state index contributed by atoms with van der Waals surface area (Å²) in [5.74, 6) is 0.659. The Bertz CT molecular complexity index is 235. The number of hydrogen-bond donors (Lipinski definition) is 3. The molecule has 0 aromatic rings. The molecule has 2 aliphatic rings. The molecule has 3 N–H and O–H groups in total. The maximum Gasteiger partial charge on any atom is 0.123 e. The van der Waals surface area contributed by atoms with Crippen LogP contribution in [-0.4, -0.2) is 43.2 Å². The standard InChI is InChI=1S/C12H22N2O2/c15-7-9-1-3-13-11(5-9)12-6-10(8-16)2-4-14-12/h7,9-14,16H,1-6,8H2. The molecule has 2 fully saturated rings. The number of hydrogen-bond acceptors (Lipinski definition) is 4. The fourth-order valence-electron chi connectivity index (χ4n) is 2.92. The van der Waals surface area contributed by atoms with Gasteiger partial charge in [0.2, 0.25) is 0 Å². The summed E-state index contributed by atoms with van der Waals surface area (Å²) in [6.45, 7) is 2.22. The minimum atomic E-state index is 0.225. The molecule has 0 saturated carbocycles. The normalized spacial score (nSPS) is 40.6. The lowest BCUT2D eigenvalue weighted by Gasteiger charge is -2.38. The fourth-order valence-corrected chi connectivity index (χ4v) is 2.92. The topological polar surface area (TPSA) is 61.4 Å². The number of rotatable bonds is 3. The Hall–Kier alpha value is -0.450. The Morgan fingerprint density at radius 2 is 1.81 bits per heavy atom. The summed E-state index contributed by atoms with van der Waals surface area (Å²) in [4.78, 5) is 10.8. The minimum absolute atomic E-state index is 0.225. The van der Waals surface area contributed by atoms with Crippen LogP contribution in [0.3, 0.4) is 0 Å². The third-order valence-electron chi connectivity index (χ3n) is 3.96. The summed E-state index contributed by atoms with van der Waals surface area (Å²) in [7, 11) is 0. The maximum atomic E-state index is 10.8. The van der Waals surface area contributed by atoms with Crippen molar-refractivity contribution in [1.82, 2.24) is 10.6 Å². The van der Waals surface area contributed by atoms with Gasteiger partial charge in [0.25, 0.3) is 0 Å². The highest BCUT2D eigenvalue weighted by Crippen LogP contribution is 2.23. The van der Waals surface area contributed by atoms with Crippen LogP contribution in [0.2, 0.25) is 0 Å². The van der Waals surface area contributed by atoms with Gasteiger partial charge in [-0.2, -0.15) is 0 Å². The van der Waals surface area contributed by atoms with E-state index in [0.717, 1.165) is 45.1 Å². The zero-order valence-electron chi connectivity index (χ0n) is 9.69. The molecule has 0 aromatic carbocycles. The van der Waals surface area contributed by atoms with Crippen LogP contribution >= 0.6 is 0 Å². The van der Waals surface area contributed by atoms with Crippen LogP contribution in [0.15, 0.2) is 0 Å². The number of aldehydes is 1. The summed E-state index contributed by atoms with van der Waals surface area (Å²) >= 11 is 0. The SMILES string of the molecule is O=CC1CCNC(C2CC(CO)CCN2)C1. The molecule has 2 saturated heterocycles. The van der Waals surface area contributed by atoms with E-state index in [9.17, 15) is 9.90 Å². The van der Waals surface area contributed by atoms with E-state index in [-0.39, 0.29) is 5.92 Å². The highest BCUT2D eigenvalue weighted by molar-refractivity contribution is 5.53. The Morgan fingerprint density at radius 3 is 2.50 bits per heavy atom. The smallest absolute Gasteiger partial charge is 0.123 e. The molecule has 0 spiro atoms. The highest BCUT2D eigenvalue weighted by Gasteiger charge is 2.31. The van der Waals surface area contributed by atoms with Gasteiger partial charge in [0.1, 0.15) is 6.29 Å². The second-order valence-corrected chi connectivity index (χ2v) is 5.11. The van der Waals surface area contributed by atoms with Crippen molar-refractivity contribution in [3.8, 4) is 0 Å². The Kier molecular flexibility index (Phi) is 4.32. The van der Waals surface area contributed by atoms with Gasteiger partial charge in [-0.25, -0.2) is 0 Å². The van der Waals surface area contributed by atoms with Crippen molar-refractivity contribution in [2.45, 2.75) is 37.8 Å². The van der Waals surface area contributed by atoms with Crippen molar-refractivity contribution in [2.24, 2.45) is 11.8 Å². The fraction of sp³-hybridized carbons (Fsp3) is 0.917. The Balaban J connectivity index is 1.88. The zero-order chi connectivity index (χ0) is 11.4. The van der Waals surface area contributed by atoms with E-state index in [4.69, 9.17) is 0 Å². The van der Waals surface area contributed by atoms with Crippen LogP contribution in [0.25, 0.3) is 0 Å². The van der Waals surface area contributed by atoms with Gasteiger partial charge in [0.05, 0.1) is 0 Å². The van der Waals surface area contributed by atoms with Gasteiger partial charge in [-0.1, -0.05) is 0 Å². The average molecular weight is 226 g/mol. The third kappa shape index (κ3) is 2.81. The molecule has 0 aliphatic carbocycles. The predicted molar refractivity (Wildman–Crippen MR) is 62.2 cm³/mol. The molecular weight excluding hydrogens is 204 g/mol. The highest BCUT2D eigenvalue weighted by atomic mass is 16.3. The molecule has 0 bridgehead atoms. The summed E-state index contributed by atoms with van der Waals surface area (Å²) in [6.07, 6.45) is 5.10. The lowest BCUT2D eigenvalue weighted by molar-refractivity contribution is -0.112. The lowest BCUT2D eigenvalue weighted by Crippen LogP contribution is -2.55. The van der Waals surface area contributed by atoms with E-state index in [0.29, 0.717) is 24.6 Å². The van der Waals surface area contributed by atoms with Gasteiger partial charge in [0.15, 0.2) is 0 Å². The number of nitrogens with one attached hydrogen (secondary N) is 2. The van der Waals surface area contributed by atoms with E-state index in [2.05, 4.69) is 10.6 Å². The first kappa shape index (κ1) is 12.0. The number of aliphatic hydroxyl groups excluding tert-OH is 1. The largest absolute Gasteiger partial charge is 0.396 e. The van der Waals surface area contributed by atoms with E-state index in [1.54, 1.807) is 0 Å². The van der Waals surface area contributed by atoms with Gasteiger partial charge in [0, 0.05) is 24.6 Å². The van der Waals surface area contributed by atoms with Gasteiger partial charge >= 0.3 is 0 Å². The van der Waals surface area contributed by atoms with Crippen molar-refractivity contribution in [1.29, 1.82) is 0 Å². The Labute approximate surface area is 96.8 Å². The van der Waals surface area contributed by atoms with Crippen LogP contribution in [0.4, 0.5) is 0 Å². The molecule has 16 heavy (non-hydrogen) atoms. The molecule has 2 rings (SSSR count). The van der Waals surface area contributed by atoms with Crippen molar-refractivity contribution in [3.05, 3.63) is 0 Å². The first-order valence-electron chi connectivity index (χ1n) is 6.36. The molecule has 0 radical (unpaired) electrons. The van der Waals surface area contributed by atoms with E-state index in [1.165, 1.54) is 0 Å². The van der Waals surface area contributed by atoms with Crippen LogP contribution in [0.1, 0.15) is 25.7 Å². The molecule has 0 aromatic heterocycles. The van der Waals surface area contributed by atoms with Crippen LogP contribution in [0, 0.1) is 11.8 Å². The predicted octanol–water partition coefficient (Wildman–Crippen LogP) is -0.0860. The van der Waals surface area contributed by atoms with Gasteiger partial charge in [-0.15, -0.1) is 0 Å². The molecule has 4 unspecified atom stereocenters. The molecule has 2 aliphatic heterocycles. The minimum Gasteiger partial charge on any atom is -0.396 e. The molecular formula is C12H22N2O2. The number of carbonyl (C=O) groups excluding carboxylic acids is 1. The molecule has 4 nitrogen and oxygen atoms in total. The lowest BCUT2D eigenvalue weighted by atomic mass is 9.83. The summed E-state index contributed by atoms with van der Waals surface area (Å²) in [5, 5.41) is 16.2.